The van der Waals surface area contributed by atoms with Crippen LogP contribution in [0.15, 0.2) is 22.7 Å². The van der Waals surface area contributed by atoms with Gasteiger partial charge in [0.2, 0.25) is 0 Å². The van der Waals surface area contributed by atoms with Crippen LogP contribution in [-0.2, 0) is 4.74 Å². The van der Waals surface area contributed by atoms with Gasteiger partial charge in [0.05, 0.1) is 11.1 Å². The molecule has 3 nitrogen and oxygen atoms in total. The van der Waals surface area contributed by atoms with Gasteiger partial charge in [-0.3, -0.25) is 0 Å². The Balaban J connectivity index is 3.06. The van der Waals surface area contributed by atoms with E-state index in [2.05, 4.69) is 15.9 Å². The Bertz CT molecular complexity index is 455. The van der Waals surface area contributed by atoms with E-state index in [9.17, 15) is 4.79 Å². The molecule has 0 aliphatic heterocycles. The number of nitriles is 1. The van der Waals surface area contributed by atoms with Crippen LogP contribution in [0.4, 0.5) is 0 Å². The Morgan fingerprint density at radius 2 is 2.06 bits per heavy atom. The average molecular weight is 282 g/mol. The molecule has 16 heavy (non-hydrogen) atoms. The van der Waals surface area contributed by atoms with Crippen LogP contribution in [0.1, 0.15) is 36.7 Å². The summed E-state index contributed by atoms with van der Waals surface area (Å²) in [6.07, 6.45) is 0. The molecule has 1 aromatic carbocycles. The molecule has 0 saturated carbocycles. The maximum atomic E-state index is 11.8. The van der Waals surface area contributed by atoms with Gasteiger partial charge < -0.3 is 4.74 Å². The summed E-state index contributed by atoms with van der Waals surface area (Å²) in [6.45, 7) is 5.36. The van der Waals surface area contributed by atoms with Crippen LogP contribution in [0.2, 0.25) is 0 Å². The predicted octanol–water partition coefficient (Wildman–Crippen LogP) is 3.28. The van der Waals surface area contributed by atoms with Crippen LogP contribution < -0.4 is 0 Å². The van der Waals surface area contributed by atoms with E-state index >= 15 is 0 Å². The van der Waals surface area contributed by atoms with Crippen molar-refractivity contribution in [2.24, 2.45) is 0 Å². The lowest BCUT2D eigenvalue weighted by Gasteiger charge is -2.19. The first-order chi connectivity index (χ1) is 7.33. The van der Waals surface area contributed by atoms with Crippen molar-refractivity contribution in [2.75, 3.05) is 0 Å². The number of hydrogen-bond donors (Lipinski definition) is 0. The highest BCUT2D eigenvalue weighted by molar-refractivity contribution is 9.10. The highest BCUT2D eigenvalue weighted by atomic mass is 79.9. The number of benzene rings is 1. The molecule has 0 spiro atoms. The third kappa shape index (κ3) is 3.35. The summed E-state index contributed by atoms with van der Waals surface area (Å²) in [6, 6.07) is 6.86. The van der Waals surface area contributed by atoms with E-state index in [0.29, 0.717) is 11.1 Å². The van der Waals surface area contributed by atoms with Gasteiger partial charge in [0, 0.05) is 4.47 Å². The van der Waals surface area contributed by atoms with Crippen molar-refractivity contribution in [3.05, 3.63) is 33.8 Å². The fraction of sp³-hybridized carbons (Fsp3) is 0.333. The second-order valence-electron chi connectivity index (χ2n) is 4.30. The molecule has 0 aliphatic rings. The van der Waals surface area contributed by atoms with Gasteiger partial charge in [-0.25, -0.2) is 4.79 Å². The van der Waals surface area contributed by atoms with E-state index in [4.69, 9.17) is 10.00 Å². The normalized spacial score (nSPS) is 10.7. The van der Waals surface area contributed by atoms with E-state index < -0.39 is 11.6 Å². The first-order valence-corrected chi connectivity index (χ1v) is 5.56. The van der Waals surface area contributed by atoms with Gasteiger partial charge in [0.1, 0.15) is 11.7 Å². The number of ether oxygens (including phenoxy) is 1. The molecule has 0 heterocycles. The van der Waals surface area contributed by atoms with Gasteiger partial charge in [-0.2, -0.15) is 5.26 Å². The zero-order valence-corrected chi connectivity index (χ0v) is 11.0. The lowest BCUT2D eigenvalue weighted by atomic mass is 10.1. The second kappa shape index (κ2) is 4.67. The zero-order valence-electron chi connectivity index (χ0n) is 9.37. The Morgan fingerprint density at radius 1 is 1.44 bits per heavy atom. The Labute approximate surface area is 103 Å². The topological polar surface area (TPSA) is 50.1 Å². The molecule has 1 rings (SSSR count). The molecule has 0 bridgehead atoms. The molecule has 0 aromatic heterocycles. The lowest BCUT2D eigenvalue weighted by Crippen LogP contribution is -2.24. The van der Waals surface area contributed by atoms with Crippen LogP contribution >= 0.6 is 15.9 Å². The third-order valence-corrected chi connectivity index (χ3v) is 2.21. The fourth-order valence-corrected chi connectivity index (χ4v) is 1.48. The van der Waals surface area contributed by atoms with Crippen molar-refractivity contribution >= 4 is 21.9 Å². The Morgan fingerprint density at radius 3 is 2.56 bits per heavy atom. The predicted molar refractivity (Wildman–Crippen MR) is 64.0 cm³/mol. The van der Waals surface area contributed by atoms with Gasteiger partial charge in [-0.15, -0.1) is 0 Å². The Hall–Kier alpha value is -1.34. The maximum Gasteiger partial charge on any atom is 0.339 e. The molecule has 0 N–H and O–H groups in total. The van der Waals surface area contributed by atoms with Crippen molar-refractivity contribution in [1.29, 1.82) is 5.26 Å². The number of hydrogen-bond acceptors (Lipinski definition) is 3. The minimum Gasteiger partial charge on any atom is -0.456 e. The van der Waals surface area contributed by atoms with Crippen molar-refractivity contribution in [3.63, 3.8) is 0 Å². The van der Waals surface area contributed by atoms with Crippen molar-refractivity contribution < 1.29 is 9.53 Å². The molecule has 0 atom stereocenters. The number of halogens is 1. The number of nitrogens with zero attached hydrogens (tertiary/aromatic N) is 1. The second-order valence-corrected chi connectivity index (χ2v) is 5.22. The van der Waals surface area contributed by atoms with Gasteiger partial charge in [0.25, 0.3) is 0 Å². The van der Waals surface area contributed by atoms with Crippen molar-refractivity contribution in [2.45, 2.75) is 26.4 Å². The Kier molecular flexibility index (Phi) is 3.71. The number of rotatable bonds is 1. The van der Waals surface area contributed by atoms with Crippen LogP contribution in [0.5, 0.6) is 0 Å². The summed E-state index contributed by atoms with van der Waals surface area (Å²) in [5.74, 6) is -0.475. The summed E-state index contributed by atoms with van der Waals surface area (Å²) in [4.78, 5) is 11.8. The number of esters is 1. The first-order valence-electron chi connectivity index (χ1n) is 4.76. The van der Waals surface area contributed by atoms with Gasteiger partial charge >= 0.3 is 5.97 Å². The molecular weight excluding hydrogens is 270 g/mol. The smallest absolute Gasteiger partial charge is 0.339 e. The van der Waals surface area contributed by atoms with Gasteiger partial charge in [0.15, 0.2) is 0 Å². The quantitative estimate of drug-likeness (QED) is 0.743. The van der Waals surface area contributed by atoms with Gasteiger partial charge in [-0.1, -0.05) is 15.9 Å². The molecule has 4 heteroatoms. The summed E-state index contributed by atoms with van der Waals surface area (Å²) in [5.41, 5.74) is 0.0425. The molecule has 0 aliphatic carbocycles. The van der Waals surface area contributed by atoms with E-state index in [1.54, 1.807) is 39.0 Å². The fourth-order valence-electron chi connectivity index (χ4n) is 1.12. The van der Waals surface area contributed by atoms with Gasteiger partial charge in [-0.05, 0) is 39.0 Å². The monoisotopic (exact) mass is 281 g/mol. The summed E-state index contributed by atoms with van der Waals surface area (Å²) in [5, 5.41) is 8.91. The van der Waals surface area contributed by atoms with Crippen LogP contribution in [0.25, 0.3) is 0 Å². The van der Waals surface area contributed by atoms with E-state index in [1.807, 2.05) is 6.07 Å². The largest absolute Gasteiger partial charge is 0.456 e. The SMILES string of the molecule is CC(C)(C)OC(=O)c1ccc(Br)cc1C#N. The average Bonchev–Trinajstić information content (AvgIpc) is 2.14. The molecule has 84 valence electrons. The highest BCUT2D eigenvalue weighted by Gasteiger charge is 2.20. The minimum absolute atomic E-state index is 0.292. The first kappa shape index (κ1) is 12.7. The highest BCUT2D eigenvalue weighted by Crippen LogP contribution is 2.19. The maximum absolute atomic E-state index is 11.8. The molecule has 0 radical (unpaired) electrons. The summed E-state index contributed by atoms with van der Waals surface area (Å²) < 4.78 is 5.96. The van der Waals surface area contributed by atoms with Crippen molar-refractivity contribution in [3.8, 4) is 6.07 Å². The van der Waals surface area contributed by atoms with Crippen molar-refractivity contribution in [1.82, 2.24) is 0 Å². The molecule has 0 fully saturated rings. The van der Waals surface area contributed by atoms with Crippen LogP contribution in [-0.4, -0.2) is 11.6 Å². The lowest BCUT2D eigenvalue weighted by molar-refractivity contribution is 0.00692. The molecule has 0 unspecified atom stereocenters. The minimum atomic E-state index is -0.559. The summed E-state index contributed by atoms with van der Waals surface area (Å²) >= 11 is 3.24. The number of carbonyl (C=O) groups is 1. The van der Waals surface area contributed by atoms with E-state index in [1.165, 1.54) is 0 Å². The van der Waals surface area contributed by atoms with Crippen LogP contribution in [0.3, 0.4) is 0 Å². The van der Waals surface area contributed by atoms with Crippen LogP contribution in [0, 0.1) is 11.3 Å². The zero-order chi connectivity index (χ0) is 12.3. The third-order valence-electron chi connectivity index (χ3n) is 1.72. The standard InChI is InChI=1S/C12H12BrNO2/c1-12(2,3)16-11(15)10-5-4-9(13)6-8(10)7-14/h4-6H,1-3H3. The number of carbonyl (C=O) groups excluding carboxylic acids is 1. The van der Waals surface area contributed by atoms with E-state index in [0.717, 1.165) is 4.47 Å². The molecule has 0 amide bonds. The molecule has 1 aromatic rings. The summed E-state index contributed by atoms with van der Waals surface area (Å²) in [7, 11) is 0. The molecular formula is C12H12BrNO2. The molecule has 0 saturated heterocycles. The van der Waals surface area contributed by atoms with E-state index in [-0.39, 0.29) is 0 Å².